The number of hydrogen-bond acceptors (Lipinski definition) is 3. The number of hydrogen-bond donors (Lipinski definition) is 1. The predicted molar refractivity (Wildman–Crippen MR) is 93.8 cm³/mol. The highest BCUT2D eigenvalue weighted by atomic mass is 16.2. The van der Waals surface area contributed by atoms with Gasteiger partial charge in [-0.1, -0.05) is 55.5 Å². The summed E-state index contributed by atoms with van der Waals surface area (Å²) in [6.07, 6.45) is 1.74. The van der Waals surface area contributed by atoms with Gasteiger partial charge in [-0.15, -0.1) is 5.10 Å². The number of benzene rings is 2. The normalized spacial score (nSPS) is 10.5. The number of nitrogens with one attached hydrogen (secondary N) is 1. The average Bonchev–Trinajstić information content (AvgIpc) is 3.10. The molecule has 0 unspecified atom stereocenters. The maximum Gasteiger partial charge on any atom is 0.298 e. The molecule has 0 aliphatic carbocycles. The van der Waals surface area contributed by atoms with Crippen LogP contribution in [-0.4, -0.2) is 21.1 Å². The van der Waals surface area contributed by atoms with E-state index in [0.29, 0.717) is 6.54 Å². The fourth-order valence-corrected chi connectivity index (χ4v) is 2.51. The lowest BCUT2D eigenvalue weighted by Gasteiger charge is -2.21. The molecular weight excluding hydrogens is 300 g/mol. The molecule has 0 saturated carbocycles. The van der Waals surface area contributed by atoms with E-state index in [2.05, 4.69) is 22.1 Å². The SMILES string of the molecule is CCCc1nc(C(=O)N(Cc2ccccc2)c2ccccc2)n[nH]1. The first-order valence-electron chi connectivity index (χ1n) is 8.10. The number of aromatic nitrogens is 3. The topological polar surface area (TPSA) is 61.9 Å². The van der Waals surface area contributed by atoms with Gasteiger partial charge in [0.2, 0.25) is 5.82 Å². The van der Waals surface area contributed by atoms with E-state index in [1.807, 2.05) is 60.7 Å². The first kappa shape index (κ1) is 15.9. The van der Waals surface area contributed by atoms with E-state index in [-0.39, 0.29) is 11.7 Å². The van der Waals surface area contributed by atoms with Crippen LogP contribution >= 0.6 is 0 Å². The van der Waals surface area contributed by atoms with Crippen molar-refractivity contribution >= 4 is 11.6 Å². The van der Waals surface area contributed by atoms with Gasteiger partial charge in [-0.25, -0.2) is 4.98 Å². The van der Waals surface area contributed by atoms with E-state index in [1.165, 1.54) is 0 Å². The third-order valence-electron chi connectivity index (χ3n) is 3.71. The zero-order valence-electron chi connectivity index (χ0n) is 13.6. The monoisotopic (exact) mass is 320 g/mol. The number of nitrogens with zero attached hydrogens (tertiary/aromatic N) is 3. The van der Waals surface area contributed by atoms with Gasteiger partial charge in [0.05, 0.1) is 6.54 Å². The second-order valence-electron chi connectivity index (χ2n) is 5.57. The minimum Gasteiger partial charge on any atom is -0.301 e. The molecular formula is C19H20N4O. The van der Waals surface area contributed by atoms with Crippen LogP contribution in [0.15, 0.2) is 60.7 Å². The molecule has 0 saturated heterocycles. The molecule has 5 nitrogen and oxygen atoms in total. The van der Waals surface area contributed by atoms with Gasteiger partial charge >= 0.3 is 0 Å². The fraction of sp³-hybridized carbons (Fsp3) is 0.211. The standard InChI is InChI=1S/C19H20N4O/c1-2-9-17-20-18(22-21-17)19(24)23(16-12-7-4-8-13-16)14-15-10-5-3-6-11-15/h3-8,10-13H,2,9,14H2,1H3,(H,20,21,22). The smallest absolute Gasteiger partial charge is 0.298 e. The molecule has 0 fully saturated rings. The zero-order valence-corrected chi connectivity index (χ0v) is 13.6. The molecule has 0 radical (unpaired) electrons. The van der Waals surface area contributed by atoms with Gasteiger partial charge < -0.3 is 4.90 Å². The minimum absolute atomic E-state index is 0.205. The molecule has 5 heteroatoms. The summed E-state index contributed by atoms with van der Waals surface area (Å²) in [5.41, 5.74) is 1.88. The Bertz CT molecular complexity index is 783. The number of carbonyl (C=O) groups is 1. The van der Waals surface area contributed by atoms with Crippen LogP contribution in [-0.2, 0) is 13.0 Å². The second-order valence-corrected chi connectivity index (χ2v) is 5.57. The minimum atomic E-state index is -0.205. The van der Waals surface area contributed by atoms with Crippen molar-refractivity contribution in [2.45, 2.75) is 26.3 Å². The van der Waals surface area contributed by atoms with Gasteiger partial charge in [-0.2, -0.15) is 0 Å². The van der Waals surface area contributed by atoms with Crippen LogP contribution in [0, 0.1) is 0 Å². The van der Waals surface area contributed by atoms with Crippen molar-refractivity contribution in [3.63, 3.8) is 0 Å². The summed E-state index contributed by atoms with van der Waals surface area (Å²) in [6.45, 7) is 2.54. The number of aryl methyl sites for hydroxylation is 1. The van der Waals surface area contributed by atoms with Crippen molar-refractivity contribution in [3.8, 4) is 0 Å². The Kier molecular flexibility index (Phi) is 5.01. The van der Waals surface area contributed by atoms with E-state index in [9.17, 15) is 4.79 Å². The van der Waals surface area contributed by atoms with E-state index in [0.717, 1.165) is 29.9 Å². The van der Waals surface area contributed by atoms with Crippen molar-refractivity contribution in [3.05, 3.63) is 77.9 Å². The Labute approximate surface area is 141 Å². The van der Waals surface area contributed by atoms with Gasteiger partial charge in [0.25, 0.3) is 5.91 Å². The summed E-state index contributed by atoms with van der Waals surface area (Å²) in [5.74, 6) is 0.746. The lowest BCUT2D eigenvalue weighted by atomic mass is 10.2. The van der Waals surface area contributed by atoms with Crippen LogP contribution in [0.25, 0.3) is 0 Å². The molecule has 1 amide bonds. The van der Waals surface area contributed by atoms with E-state index in [1.54, 1.807) is 4.90 Å². The summed E-state index contributed by atoms with van der Waals surface area (Å²) in [4.78, 5) is 19.0. The first-order valence-corrected chi connectivity index (χ1v) is 8.10. The molecule has 2 aromatic carbocycles. The largest absolute Gasteiger partial charge is 0.301 e. The molecule has 0 atom stereocenters. The molecule has 1 N–H and O–H groups in total. The third-order valence-corrected chi connectivity index (χ3v) is 3.71. The van der Waals surface area contributed by atoms with Crippen molar-refractivity contribution in [2.75, 3.05) is 4.90 Å². The van der Waals surface area contributed by atoms with Crippen molar-refractivity contribution in [1.29, 1.82) is 0 Å². The highest BCUT2D eigenvalue weighted by Gasteiger charge is 2.22. The number of anilines is 1. The fourth-order valence-electron chi connectivity index (χ4n) is 2.51. The summed E-state index contributed by atoms with van der Waals surface area (Å²) >= 11 is 0. The molecule has 3 aromatic rings. The Balaban J connectivity index is 1.90. The Hall–Kier alpha value is -2.95. The molecule has 1 heterocycles. The Morgan fingerprint density at radius 1 is 1.04 bits per heavy atom. The quantitative estimate of drug-likeness (QED) is 0.755. The van der Waals surface area contributed by atoms with Gasteiger partial charge in [-0.05, 0) is 24.1 Å². The van der Waals surface area contributed by atoms with Crippen LogP contribution in [0.1, 0.15) is 35.4 Å². The number of carbonyl (C=O) groups excluding carboxylic acids is 1. The van der Waals surface area contributed by atoms with Gasteiger partial charge in [0.1, 0.15) is 5.82 Å². The molecule has 24 heavy (non-hydrogen) atoms. The number of para-hydroxylation sites is 1. The second kappa shape index (κ2) is 7.55. The maximum absolute atomic E-state index is 12.9. The van der Waals surface area contributed by atoms with Crippen LogP contribution < -0.4 is 4.90 Å². The summed E-state index contributed by atoms with van der Waals surface area (Å²) in [5, 5.41) is 6.94. The van der Waals surface area contributed by atoms with Crippen LogP contribution in [0.5, 0.6) is 0 Å². The maximum atomic E-state index is 12.9. The van der Waals surface area contributed by atoms with Gasteiger partial charge in [-0.3, -0.25) is 9.89 Å². The average molecular weight is 320 g/mol. The third kappa shape index (κ3) is 3.68. The molecule has 1 aromatic heterocycles. The molecule has 0 aliphatic rings. The molecule has 3 rings (SSSR count). The van der Waals surface area contributed by atoms with Crippen LogP contribution in [0.4, 0.5) is 5.69 Å². The van der Waals surface area contributed by atoms with Crippen LogP contribution in [0.3, 0.4) is 0 Å². The lowest BCUT2D eigenvalue weighted by Crippen LogP contribution is -2.31. The number of amides is 1. The van der Waals surface area contributed by atoms with E-state index >= 15 is 0 Å². The van der Waals surface area contributed by atoms with E-state index in [4.69, 9.17) is 0 Å². The van der Waals surface area contributed by atoms with Gasteiger partial charge in [0, 0.05) is 12.1 Å². The highest BCUT2D eigenvalue weighted by molar-refractivity contribution is 6.03. The molecule has 0 spiro atoms. The number of H-pyrrole nitrogens is 1. The lowest BCUT2D eigenvalue weighted by molar-refractivity contribution is 0.0975. The summed E-state index contributed by atoms with van der Waals surface area (Å²) < 4.78 is 0. The summed E-state index contributed by atoms with van der Waals surface area (Å²) in [7, 11) is 0. The van der Waals surface area contributed by atoms with Crippen molar-refractivity contribution in [2.24, 2.45) is 0 Å². The number of rotatable bonds is 6. The Morgan fingerprint density at radius 3 is 2.38 bits per heavy atom. The van der Waals surface area contributed by atoms with E-state index < -0.39 is 0 Å². The molecule has 122 valence electrons. The number of aromatic amines is 1. The van der Waals surface area contributed by atoms with Crippen molar-refractivity contribution in [1.82, 2.24) is 15.2 Å². The molecule has 0 aliphatic heterocycles. The molecule has 0 bridgehead atoms. The predicted octanol–water partition coefficient (Wildman–Crippen LogP) is 3.60. The first-order chi connectivity index (χ1) is 11.8. The Morgan fingerprint density at radius 2 is 1.71 bits per heavy atom. The highest BCUT2D eigenvalue weighted by Crippen LogP contribution is 2.19. The van der Waals surface area contributed by atoms with Crippen LogP contribution in [0.2, 0.25) is 0 Å². The summed E-state index contributed by atoms with van der Waals surface area (Å²) in [6, 6.07) is 19.5. The van der Waals surface area contributed by atoms with Crippen molar-refractivity contribution < 1.29 is 4.79 Å². The van der Waals surface area contributed by atoms with Gasteiger partial charge in [0.15, 0.2) is 0 Å². The zero-order chi connectivity index (χ0) is 16.8.